The SMILES string of the molecule is Cn1cc(N)c(C(=O)Nc2ccc3c(c2)CCC3)n1. The van der Waals surface area contributed by atoms with Crippen molar-refractivity contribution in [2.24, 2.45) is 7.05 Å². The van der Waals surface area contributed by atoms with E-state index in [0.717, 1.165) is 18.5 Å². The molecule has 5 nitrogen and oxygen atoms in total. The number of fused-ring (bicyclic) bond motifs is 1. The molecule has 1 aliphatic carbocycles. The van der Waals surface area contributed by atoms with Crippen LogP contribution >= 0.6 is 0 Å². The second-order valence-electron chi connectivity index (χ2n) is 4.90. The lowest BCUT2D eigenvalue weighted by molar-refractivity contribution is 0.102. The van der Waals surface area contributed by atoms with Gasteiger partial charge in [-0.3, -0.25) is 9.48 Å². The van der Waals surface area contributed by atoms with Crippen LogP contribution in [-0.2, 0) is 19.9 Å². The van der Waals surface area contributed by atoms with E-state index >= 15 is 0 Å². The van der Waals surface area contributed by atoms with Gasteiger partial charge in [0.1, 0.15) is 0 Å². The average Bonchev–Trinajstić information content (AvgIpc) is 2.94. The third-order valence-corrected chi connectivity index (χ3v) is 3.43. The average molecular weight is 256 g/mol. The van der Waals surface area contributed by atoms with Gasteiger partial charge in [-0.15, -0.1) is 0 Å². The van der Waals surface area contributed by atoms with Gasteiger partial charge in [0.15, 0.2) is 5.69 Å². The van der Waals surface area contributed by atoms with Gasteiger partial charge in [-0.05, 0) is 42.5 Å². The van der Waals surface area contributed by atoms with Crippen LogP contribution in [0.1, 0.15) is 28.0 Å². The summed E-state index contributed by atoms with van der Waals surface area (Å²) in [5.74, 6) is -0.268. The van der Waals surface area contributed by atoms with Gasteiger partial charge in [-0.2, -0.15) is 5.10 Å². The lowest BCUT2D eigenvalue weighted by atomic mass is 10.1. The fourth-order valence-electron chi connectivity index (χ4n) is 2.52. The maximum Gasteiger partial charge on any atom is 0.278 e. The number of carbonyl (C=O) groups is 1. The zero-order chi connectivity index (χ0) is 13.4. The Hall–Kier alpha value is -2.30. The molecule has 0 aliphatic heterocycles. The third kappa shape index (κ3) is 2.19. The number of nitrogens with two attached hydrogens (primary N) is 1. The van der Waals surface area contributed by atoms with Crippen molar-refractivity contribution in [1.82, 2.24) is 9.78 Å². The summed E-state index contributed by atoms with van der Waals surface area (Å²) in [4.78, 5) is 12.1. The predicted molar refractivity (Wildman–Crippen MR) is 74.0 cm³/mol. The molecule has 1 heterocycles. The molecule has 98 valence electrons. The summed E-state index contributed by atoms with van der Waals surface area (Å²) < 4.78 is 1.53. The first-order chi connectivity index (χ1) is 9.13. The standard InChI is InChI=1S/C14H16N4O/c1-18-8-12(15)13(17-18)14(19)16-11-6-5-9-3-2-4-10(9)7-11/h5-8H,2-4,15H2,1H3,(H,16,19). The molecule has 0 saturated heterocycles. The largest absolute Gasteiger partial charge is 0.396 e. The molecule has 1 amide bonds. The van der Waals surface area contributed by atoms with Crippen molar-refractivity contribution in [3.05, 3.63) is 41.2 Å². The number of carbonyl (C=O) groups excluding carboxylic acids is 1. The lowest BCUT2D eigenvalue weighted by Gasteiger charge is -2.06. The summed E-state index contributed by atoms with van der Waals surface area (Å²) in [6.07, 6.45) is 5.04. The van der Waals surface area contributed by atoms with Crippen molar-refractivity contribution in [2.75, 3.05) is 11.1 Å². The molecule has 19 heavy (non-hydrogen) atoms. The van der Waals surface area contributed by atoms with Crippen molar-refractivity contribution in [2.45, 2.75) is 19.3 Å². The fourth-order valence-corrected chi connectivity index (χ4v) is 2.52. The third-order valence-electron chi connectivity index (χ3n) is 3.43. The first kappa shape index (κ1) is 11.8. The quantitative estimate of drug-likeness (QED) is 0.859. The van der Waals surface area contributed by atoms with Gasteiger partial charge in [0.25, 0.3) is 5.91 Å². The molecule has 1 aliphatic rings. The van der Waals surface area contributed by atoms with Crippen LogP contribution in [0.4, 0.5) is 11.4 Å². The summed E-state index contributed by atoms with van der Waals surface area (Å²) in [5.41, 5.74) is 9.91. The van der Waals surface area contributed by atoms with Crippen LogP contribution in [0, 0.1) is 0 Å². The Kier molecular flexibility index (Phi) is 2.74. The molecule has 3 N–H and O–H groups in total. The second kappa shape index (κ2) is 4.42. The number of hydrogen-bond donors (Lipinski definition) is 2. The number of hydrogen-bond acceptors (Lipinski definition) is 3. The first-order valence-corrected chi connectivity index (χ1v) is 6.36. The van der Waals surface area contributed by atoms with Gasteiger partial charge in [0.2, 0.25) is 0 Å². The maximum absolute atomic E-state index is 12.1. The predicted octanol–water partition coefficient (Wildman–Crippen LogP) is 1.74. The van der Waals surface area contributed by atoms with E-state index < -0.39 is 0 Å². The smallest absolute Gasteiger partial charge is 0.278 e. The molecule has 0 fully saturated rings. The zero-order valence-electron chi connectivity index (χ0n) is 10.8. The molecule has 1 aromatic heterocycles. The number of aromatic nitrogens is 2. The van der Waals surface area contributed by atoms with Crippen LogP contribution in [0.25, 0.3) is 0 Å². The van der Waals surface area contributed by atoms with Crippen molar-refractivity contribution in [1.29, 1.82) is 0 Å². The normalized spacial score (nSPS) is 13.3. The number of amides is 1. The van der Waals surface area contributed by atoms with Crippen LogP contribution in [-0.4, -0.2) is 15.7 Å². The Morgan fingerprint density at radius 3 is 2.89 bits per heavy atom. The van der Waals surface area contributed by atoms with Crippen LogP contribution < -0.4 is 11.1 Å². The van der Waals surface area contributed by atoms with E-state index in [1.807, 2.05) is 12.1 Å². The fraction of sp³-hybridized carbons (Fsp3) is 0.286. The lowest BCUT2D eigenvalue weighted by Crippen LogP contribution is -2.14. The van der Waals surface area contributed by atoms with Crippen LogP contribution in [0.3, 0.4) is 0 Å². The molecule has 0 unspecified atom stereocenters. The van der Waals surface area contributed by atoms with Crippen molar-refractivity contribution < 1.29 is 4.79 Å². The molecule has 0 atom stereocenters. The zero-order valence-corrected chi connectivity index (χ0v) is 10.8. The summed E-state index contributed by atoms with van der Waals surface area (Å²) in [6, 6.07) is 6.06. The highest BCUT2D eigenvalue weighted by Gasteiger charge is 2.16. The molecule has 0 saturated carbocycles. The minimum atomic E-state index is -0.268. The summed E-state index contributed by atoms with van der Waals surface area (Å²) >= 11 is 0. The van der Waals surface area contributed by atoms with Gasteiger partial charge >= 0.3 is 0 Å². The van der Waals surface area contributed by atoms with E-state index in [2.05, 4.69) is 16.5 Å². The van der Waals surface area contributed by atoms with E-state index in [1.54, 1.807) is 13.2 Å². The Labute approximate surface area is 111 Å². The van der Waals surface area contributed by atoms with E-state index in [1.165, 1.54) is 22.2 Å². The number of rotatable bonds is 2. The molecule has 1 aromatic carbocycles. The molecule has 0 bridgehead atoms. The molecule has 3 rings (SSSR count). The minimum Gasteiger partial charge on any atom is -0.396 e. The number of benzene rings is 1. The molecule has 0 radical (unpaired) electrons. The van der Waals surface area contributed by atoms with Gasteiger partial charge in [-0.1, -0.05) is 6.07 Å². The summed E-state index contributed by atoms with van der Waals surface area (Å²) in [6.45, 7) is 0. The Balaban J connectivity index is 1.81. The Bertz CT molecular complexity index is 645. The van der Waals surface area contributed by atoms with E-state index in [9.17, 15) is 4.79 Å². The molecule has 5 heteroatoms. The summed E-state index contributed by atoms with van der Waals surface area (Å²) in [5, 5.41) is 6.91. The number of nitrogens with zero attached hydrogens (tertiary/aromatic N) is 2. The van der Waals surface area contributed by atoms with E-state index in [4.69, 9.17) is 5.73 Å². The molecule has 2 aromatic rings. The van der Waals surface area contributed by atoms with Gasteiger partial charge in [-0.25, -0.2) is 0 Å². The highest BCUT2D eigenvalue weighted by molar-refractivity contribution is 6.06. The van der Waals surface area contributed by atoms with Crippen LogP contribution in [0.2, 0.25) is 0 Å². The topological polar surface area (TPSA) is 72.9 Å². The van der Waals surface area contributed by atoms with Gasteiger partial charge < -0.3 is 11.1 Å². The van der Waals surface area contributed by atoms with Crippen molar-refractivity contribution in [3.63, 3.8) is 0 Å². The number of aryl methyl sites for hydroxylation is 3. The summed E-state index contributed by atoms with van der Waals surface area (Å²) in [7, 11) is 1.74. The Morgan fingerprint density at radius 2 is 2.16 bits per heavy atom. The number of nitrogens with one attached hydrogen (secondary N) is 1. The monoisotopic (exact) mass is 256 g/mol. The van der Waals surface area contributed by atoms with Crippen molar-refractivity contribution in [3.8, 4) is 0 Å². The van der Waals surface area contributed by atoms with Crippen LogP contribution in [0.15, 0.2) is 24.4 Å². The Morgan fingerprint density at radius 1 is 1.37 bits per heavy atom. The highest BCUT2D eigenvalue weighted by Crippen LogP contribution is 2.25. The van der Waals surface area contributed by atoms with Gasteiger partial charge in [0, 0.05) is 18.9 Å². The first-order valence-electron chi connectivity index (χ1n) is 6.36. The number of anilines is 2. The highest BCUT2D eigenvalue weighted by atomic mass is 16.2. The van der Waals surface area contributed by atoms with Crippen molar-refractivity contribution >= 4 is 17.3 Å². The number of nitrogen functional groups attached to an aromatic ring is 1. The second-order valence-corrected chi connectivity index (χ2v) is 4.90. The maximum atomic E-state index is 12.1. The minimum absolute atomic E-state index is 0.267. The molecule has 0 spiro atoms. The molecular weight excluding hydrogens is 240 g/mol. The van der Waals surface area contributed by atoms with Crippen LogP contribution in [0.5, 0.6) is 0 Å². The van der Waals surface area contributed by atoms with E-state index in [-0.39, 0.29) is 11.6 Å². The van der Waals surface area contributed by atoms with E-state index in [0.29, 0.717) is 5.69 Å². The van der Waals surface area contributed by atoms with Gasteiger partial charge in [0.05, 0.1) is 5.69 Å². The molecular formula is C14H16N4O.